The Labute approximate surface area is 193 Å². The van der Waals surface area contributed by atoms with Gasteiger partial charge in [-0.3, -0.25) is 14.5 Å². The van der Waals surface area contributed by atoms with Gasteiger partial charge in [-0.1, -0.05) is 36.4 Å². The summed E-state index contributed by atoms with van der Waals surface area (Å²) in [6.45, 7) is 2.24. The smallest absolute Gasteiger partial charge is 0.255 e. The lowest BCUT2D eigenvalue weighted by atomic mass is 10.1. The third-order valence-corrected chi connectivity index (χ3v) is 6.10. The van der Waals surface area contributed by atoms with Crippen molar-refractivity contribution in [3.05, 3.63) is 90.0 Å². The Hall–Kier alpha value is -3.53. The molecule has 172 valence electrons. The lowest BCUT2D eigenvalue weighted by molar-refractivity contribution is -0.117. The van der Waals surface area contributed by atoms with E-state index in [4.69, 9.17) is 5.14 Å². The van der Waals surface area contributed by atoms with Gasteiger partial charge >= 0.3 is 0 Å². The summed E-state index contributed by atoms with van der Waals surface area (Å²) in [6.07, 6.45) is 0. The van der Waals surface area contributed by atoms with Crippen LogP contribution in [0.3, 0.4) is 0 Å². The van der Waals surface area contributed by atoms with E-state index in [1.807, 2.05) is 49.2 Å². The van der Waals surface area contributed by atoms with Crippen LogP contribution in [0.25, 0.3) is 0 Å². The van der Waals surface area contributed by atoms with Crippen molar-refractivity contribution < 1.29 is 18.0 Å². The second-order valence-electron chi connectivity index (χ2n) is 7.65. The largest absolute Gasteiger partial charge is 0.325 e. The van der Waals surface area contributed by atoms with Crippen LogP contribution in [-0.2, 0) is 14.8 Å². The van der Waals surface area contributed by atoms with Crippen LogP contribution in [0.2, 0.25) is 0 Å². The van der Waals surface area contributed by atoms with Crippen LogP contribution < -0.4 is 15.8 Å². The number of nitrogens with two attached hydrogens (primary N) is 1. The van der Waals surface area contributed by atoms with Crippen LogP contribution in [0.4, 0.5) is 11.4 Å². The van der Waals surface area contributed by atoms with Gasteiger partial charge in [-0.15, -0.1) is 0 Å². The molecule has 0 aromatic heterocycles. The third kappa shape index (κ3) is 6.72. The number of anilines is 2. The Morgan fingerprint density at radius 2 is 1.58 bits per heavy atom. The number of rotatable bonds is 8. The predicted octanol–water partition coefficient (Wildman–Crippen LogP) is 3.22. The van der Waals surface area contributed by atoms with Gasteiger partial charge in [0.1, 0.15) is 0 Å². The predicted molar refractivity (Wildman–Crippen MR) is 128 cm³/mol. The van der Waals surface area contributed by atoms with E-state index in [0.29, 0.717) is 16.9 Å². The highest BCUT2D eigenvalue weighted by Crippen LogP contribution is 2.19. The fraction of sp³-hybridized carbons (Fsp3) is 0.167. The van der Waals surface area contributed by atoms with Gasteiger partial charge < -0.3 is 10.6 Å². The molecule has 0 saturated carbocycles. The molecule has 8 nitrogen and oxygen atoms in total. The number of likely N-dealkylation sites (N-methyl/N-ethyl adjacent to an activating group) is 1. The number of carbonyl (C=O) groups is 2. The molecule has 4 N–H and O–H groups in total. The molecule has 0 unspecified atom stereocenters. The number of nitrogens with zero attached hydrogens (tertiary/aromatic N) is 1. The molecular formula is C24H26N4O4S. The first-order valence-electron chi connectivity index (χ1n) is 10.2. The van der Waals surface area contributed by atoms with Crippen molar-refractivity contribution in [1.82, 2.24) is 4.90 Å². The molecule has 0 heterocycles. The summed E-state index contributed by atoms with van der Waals surface area (Å²) in [5.74, 6) is -0.590. The number of primary sulfonamides is 1. The van der Waals surface area contributed by atoms with Crippen LogP contribution in [0.15, 0.2) is 83.8 Å². The average Bonchev–Trinajstić information content (AvgIpc) is 2.79. The van der Waals surface area contributed by atoms with Gasteiger partial charge in [0.15, 0.2) is 0 Å². The number of benzene rings is 3. The first-order valence-corrected chi connectivity index (χ1v) is 11.8. The Morgan fingerprint density at radius 3 is 2.21 bits per heavy atom. The molecule has 0 aliphatic rings. The summed E-state index contributed by atoms with van der Waals surface area (Å²) in [4.78, 5) is 26.8. The molecule has 3 aromatic rings. The molecule has 9 heteroatoms. The van der Waals surface area contributed by atoms with Gasteiger partial charge in [0, 0.05) is 23.0 Å². The van der Waals surface area contributed by atoms with E-state index in [9.17, 15) is 18.0 Å². The van der Waals surface area contributed by atoms with E-state index >= 15 is 0 Å². The molecule has 3 aromatic carbocycles. The summed E-state index contributed by atoms with van der Waals surface area (Å²) >= 11 is 0. The maximum atomic E-state index is 12.5. The first-order chi connectivity index (χ1) is 15.6. The molecule has 0 bridgehead atoms. The van der Waals surface area contributed by atoms with Crippen molar-refractivity contribution in [3.8, 4) is 0 Å². The van der Waals surface area contributed by atoms with Crippen molar-refractivity contribution in [2.45, 2.75) is 17.9 Å². The lowest BCUT2D eigenvalue weighted by Crippen LogP contribution is -2.32. The summed E-state index contributed by atoms with van der Waals surface area (Å²) in [6, 6.07) is 22.1. The Balaban J connectivity index is 1.57. The summed E-state index contributed by atoms with van der Waals surface area (Å²) in [5, 5.41) is 10.6. The van der Waals surface area contributed by atoms with E-state index in [-0.39, 0.29) is 23.4 Å². The number of hydrogen-bond acceptors (Lipinski definition) is 5. The number of nitrogens with one attached hydrogen (secondary N) is 2. The second-order valence-corrected chi connectivity index (χ2v) is 9.22. The highest BCUT2D eigenvalue weighted by atomic mass is 32.2. The van der Waals surface area contributed by atoms with Gasteiger partial charge in [-0.25, -0.2) is 13.6 Å². The minimum atomic E-state index is -3.87. The lowest BCUT2D eigenvalue weighted by Gasteiger charge is -2.24. The van der Waals surface area contributed by atoms with Gasteiger partial charge in [0.25, 0.3) is 5.91 Å². The average molecular weight is 467 g/mol. The normalized spacial score (nSPS) is 12.2. The van der Waals surface area contributed by atoms with Gasteiger partial charge in [-0.05, 0) is 62.0 Å². The van der Waals surface area contributed by atoms with Crippen LogP contribution in [0.1, 0.15) is 28.9 Å². The number of amides is 2. The molecule has 33 heavy (non-hydrogen) atoms. The summed E-state index contributed by atoms with van der Waals surface area (Å²) in [7, 11) is -1.98. The van der Waals surface area contributed by atoms with Gasteiger partial charge in [0.05, 0.1) is 11.4 Å². The summed E-state index contributed by atoms with van der Waals surface area (Å²) < 4.78 is 22.9. The number of sulfonamides is 1. The van der Waals surface area contributed by atoms with Crippen molar-refractivity contribution in [2.24, 2.45) is 5.14 Å². The summed E-state index contributed by atoms with van der Waals surface area (Å²) in [5.41, 5.74) is 2.34. The maximum absolute atomic E-state index is 12.5. The topological polar surface area (TPSA) is 122 Å². The molecule has 3 rings (SSSR count). The Kier molecular flexibility index (Phi) is 7.59. The first kappa shape index (κ1) is 24.1. The number of carbonyl (C=O) groups excluding carboxylic acids is 2. The highest BCUT2D eigenvalue weighted by molar-refractivity contribution is 7.89. The molecule has 0 aliphatic carbocycles. The SMILES string of the molecule is C[C@H](c1ccccc1)N(C)CC(=O)Nc1ccc(C(=O)Nc2cccc(S(N)(=O)=O)c2)cc1. The van der Waals surface area contributed by atoms with Crippen LogP contribution in [0, 0.1) is 0 Å². The molecule has 0 aliphatic heterocycles. The van der Waals surface area contributed by atoms with Crippen molar-refractivity contribution in [2.75, 3.05) is 24.2 Å². The van der Waals surface area contributed by atoms with E-state index < -0.39 is 15.9 Å². The maximum Gasteiger partial charge on any atom is 0.255 e. The second kappa shape index (κ2) is 10.4. The van der Waals surface area contributed by atoms with Crippen molar-refractivity contribution >= 4 is 33.2 Å². The highest BCUT2D eigenvalue weighted by Gasteiger charge is 2.15. The molecule has 2 amide bonds. The molecule has 0 saturated heterocycles. The Morgan fingerprint density at radius 1 is 0.909 bits per heavy atom. The zero-order valence-electron chi connectivity index (χ0n) is 18.4. The fourth-order valence-corrected chi connectivity index (χ4v) is 3.77. The molecule has 1 atom stereocenters. The zero-order chi connectivity index (χ0) is 24.0. The molecule has 0 spiro atoms. The van der Waals surface area contributed by atoms with Crippen LogP contribution in [0.5, 0.6) is 0 Å². The Bertz CT molecular complexity index is 1230. The van der Waals surface area contributed by atoms with E-state index in [1.54, 1.807) is 30.3 Å². The zero-order valence-corrected chi connectivity index (χ0v) is 19.2. The minimum absolute atomic E-state index is 0.0794. The molecule has 0 fully saturated rings. The van der Waals surface area contributed by atoms with Crippen LogP contribution >= 0.6 is 0 Å². The standard InChI is InChI=1S/C24H26N4O4S/c1-17(18-7-4-3-5-8-18)28(2)16-23(29)26-20-13-11-19(12-14-20)24(30)27-21-9-6-10-22(15-21)33(25,31)32/h3-15,17H,16H2,1-2H3,(H,26,29)(H,27,30)(H2,25,31,32)/t17-/m1/s1. The quantitative estimate of drug-likeness (QED) is 0.471. The van der Waals surface area contributed by atoms with E-state index in [2.05, 4.69) is 10.6 Å². The monoisotopic (exact) mass is 466 g/mol. The molecule has 0 radical (unpaired) electrons. The van der Waals surface area contributed by atoms with Crippen LogP contribution in [-0.4, -0.2) is 38.7 Å². The van der Waals surface area contributed by atoms with Gasteiger partial charge in [-0.2, -0.15) is 0 Å². The third-order valence-electron chi connectivity index (χ3n) is 5.19. The fourth-order valence-electron chi connectivity index (χ4n) is 3.21. The number of hydrogen-bond donors (Lipinski definition) is 3. The van der Waals surface area contributed by atoms with Crippen molar-refractivity contribution in [1.29, 1.82) is 0 Å². The molecular weight excluding hydrogens is 440 g/mol. The van der Waals surface area contributed by atoms with Gasteiger partial charge in [0.2, 0.25) is 15.9 Å². The minimum Gasteiger partial charge on any atom is -0.325 e. The van der Waals surface area contributed by atoms with E-state index in [1.165, 1.54) is 18.2 Å². The van der Waals surface area contributed by atoms with E-state index in [0.717, 1.165) is 5.56 Å². The van der Waals surface area contributed by atoms with Crippen molar-refractivity contribution in [3.63, 3.8) is 0 Å².